The van der Waals surface area contributed by atoms with Gasteiger partial charge in [-0.15, -0.1) is 0 Å². The molecule has 0 aliphatic heterocycles. The number of ether oxygens (including phenoxy) is 1. The molecule has 1 N–H and O–H groups in total. The molecule has 0 aliphatic carbocycles. The molecule has 0 unspecified atom stereocenters. The van der Waals surface area contributed by atoms with Gasteiger partial charge in [0.15, 0.2) is 7.14 Å². The third-order valence-corrected chi connectivity index (χ3v) is 8.80. The van der Waals surface area contributed by atoms with E-state index in [2.05, 4.69) is 22.6 Å². The van der Waals surface area contributed by atoms with Crippen LogP contribution in [0.1, 0.15) is 5.56 Å². The van der Waals surface area contributed by atoms with Gasteiger partial charge in [0.1, 0.15) is 5.75 Å². The zero-order valence-electron chi connectivity index (χ0n) is 13.7. The van der Waals surface area contributed by atoms with E-state index in [9.17, 15) is 9.67 Å². The Morgan fingerprint density at radius 1 is 0.920 bits per heavy atom. The predicted octanol–water partition coefficient (Wildman–Crippen LogP) is 3.43. The van der Waals surface area contributed by atoms with Gasteiger partial charge in [0, 0.05) is 15.9 Å². The minimum Gasteiger partial charge on any atom is -0.496 e. The Kier molecular flexibility index (Phi) is 5.62. The average molecular weight is 464 g/mol. The number of aliphatic hydroxyl groups excluding tert-OH is 1. The fourth-order valence-corrected chi connectivity index (χ4v) is 7.60. The quantitative estimate of drug-likeness (QED) is 0.465. The van der Waals surface area contributed by atoms with Gasteiger partial charge in [0.2, 0.25) is 0 Å². The molecule has 0 bridgehead atoms. The van der Waals surface area contributed by atoms with E-state index in [1.165, 1.54) is 0 Å². The number of methoxy groups -OCH3 is 1. The first-order valence-electron chi connectivity index (χ1n) is 7.81. The topological polar surface area (TPSA) is 46.5 Å². The van der Waals surface area contributed by atoms with E-state index in [-0.39, 0.29) is 6.61 Å². The van der Waals surface area contributed by atoms with Crippen molar-refractivity contribution >= 4 is 45.6 Å². The first-order valence-corrected chi connectivity index (χ1v) is 10.6. The molecule has 0 aromatic heterocycles. The molecular weight excluding hydrogens is 446 g/mol. The van der Waals surface area contributed by atoms with Crippen LogP contribution in [0.5, 0.6) is 5.75 Å². The third-order valence-electron chi connectivity index (χ3n) is 4.11. The van der Waals surface area contributed by atoms with Gasteiger partial charge in [-0.25, -0.2) is 0 Å². The SMILES string of the molecule is COc1ccc(CO)c(P(=O)(c2ccccc2)c2ccccc2)c1I. The molecule has 0 saturated heterocycles. The van der Waals surface area contributed by atoms with E-state index in [0.717, 1.165) is 14.2 Å². The lowest BCUT2D eigenvalue weighted by molar-refractivity contribution is 0.282. The molecule has 25 heavy (non-hydrogen) atoms. The van der Waals surface area contributed by atoms with Crippen molar-refractivity contribution in [2.75, 3.05) is 7.11 Å². The molecule has 0 atom stereocenters. The summed E-state index contributed by atoms with van der Waals surface area (Å²) in [7, 11) is -1.56. The van der Waals surface area contributed by atoms with Crippen molar-refractivity contribution in [3.05, 3.63) is 81.9 Å². The highest BCUT2D eigenvalue weighted by atomic mass is 127. The van der Waals surface area contributed by atoms with Crippen LogP contribution in [0.2, 0.25) is 0 Å². The van der Waals surface area contributed by atoms with Crippen molar-refractivity contribution in [1.29, 1.82) is 0 Å². The second-order valence-corrected chi connectivity index (χ2v) is 9.31. The van der Waals surface area contributed by atoms with E-state index in [4.69, 9.17) is 4.74 Å². The summed E-state index contributed by atoms with van der Waals surface area (Å²) in [5.74, 6) is 0.653. The third kappa shape index (κ3) is 3.26. The second-order valence-electron chi connectivity index (χ2n) is 5.53. The molecule has 0 fully saturated rings. The lowest BCUT2D eigenvalue weighted by atomic mass is 10.2. The molecular formula is C20H18IO3P. The molecule has 128 valence electrons. The van der Waals surface area contributed by atoms with Crippen LogP contribution in [0.4, 0.5) is 0 Å². The Labute approximate surface area is 161 Å². The summed E-state index contributed by atoms with van der Waals surface area (Å²) in [6.45, 7) is -0.182. The van der Waals surface area contributed by atoms with Crippen molar-refractivity contribution in [2.24, 2.45) is 0 Å². The molecule has 0 aliphatic rings. The lowest BCUT2D eigenvalue weighted by Crippen LogP contribution is -2.29. The van der Waals surface area contributed by atoms with Gasteiger partial charge in [0.25, 0.3) is 0 Å². The Bertz CT molecular complexity index is 867. The zero-order valence-corrected chi connectivity index (χ0v) is 16.8. The van der Waals surface area contributed by atoms with Crippen LogP contribution in [0.15, 0.2) is 72.8 Å². The predicted molar refractivity (Wildman–Crippen MR) is 111 cm³/mol. The number of halogens is 1. The molecule has 0 radical (unpaired) electrons. The lowest BCUT2D eigenvalue weighted by Gasteiger charge is -2.24. The van der Waals surface area contributed by atoms with Gasteiger partial charge in [-0.05, 0) is 34.2 Å². The maximum absolute atomic E-state index is 14.5. The Morgan fingerprint density at radius 3 is 1.88 bits per heavy atom. The molecule has 5 heteroatoms. The van der Waals surface area contributed by atoms with Crippen LogP contribution in [0, 0.1) is 3.57 Å². The van der Waals surface area contributed by atoms with E-state index in [0.29, 0.717) is 16.6 Å². The summed E-state index contributed by atoms with van der Waals surface area (Å²) in [6, 6.07) is 22.5. The van der Waals surface area contributed by atoms with Crippen LogP contribution in [0.25, 0.3) is 0 Å². The van der Waals surface area contributed by atoms with E-state index < -0.39 is 7.14 Å². The summed E-state index contributed by atoms with van der Waals surface area (Å²) in [5, 5.41) is 12.0. The number of hydrogen-bond acceptors (Lipinski definition) is 3. The number of aliphatic hydroxyl groups is 1. The maximum Gasteiger partial charge on any atom is 0.172 e. The van der Waals surface area contributed by atoms with Crippen molar-refractivity contribution in [2.45, 2.75) is 6.61 Å². The molecule has 3 aromatic carbocycles. The summed E-state index contributed by atoms with van der Waals surface area (Å²) < 4.78 is 20.7. The van der Waals surface area contributed by atoms with Crippen molar-refractivity contribution in [1.82, 2.24) is 0 Å². The van der Waals surface area contributed by atoms with Crippen LogP contribution >= 0.6 is 29.7 Å². The normalized spacial score (nSPS) is 11.3. The second kappa shape index (κ2) is 7.73. The molecule has 0 saturated carbocycles. The fraction of sp³-hybridized carbons (Fsp3) is 0.100. The van der Waals surface area contributed by atoms with E-state index in [1.807, 2.05) is 60.7 Å². The minimum absolute atomic E-state index is 0.182. The van der Waals surface area contributed by atoms with Crippen LogP contribution in [-0.4, -0.2) is 12.2 Å². The number of benzene rings is 3. The van der Waals surface area contributed by atoms with E-state index >= 15 is 0 Å². The van der Waals surface area contributed by atoms with Crippen LogP contribution < -0.4 is 20.7 Å². The first kappa shape index (κ1) is 18.2. The number of rotatable bonds is 5. The molecule has 3 rings (SSSR count). The first-order chi connectivity index (χ1) is 12.1. The number of hydrogen-bond donors (Lipinski definition) is 1. The molecule has 3 aromatic rings. The van der Waals surface area contributed by atoms with Gasteiger partial charge >= 0.3 is 0 Å². The molecule has 0 amide bonds. The summed E-state index contributed by atoms with van der Waals surface area (Å²) >= 11 is 2.16. The summed E-state index contributed by atoms with van der Waals surface area (Å²) in [4.78, 5) is 0. The smallest absolute Gasteiger partial charge is 0.172 e. The zero-order chi connectivity index (χ0) is 17.9. The Balaban J connectivity index is 2.41. The summed E-state index contributed by atoms with van der Waals surface area (Å²) in [6.07, 6.45) is 0. The minimum atomic E-state index is -3.16. The van der Waals surface area contributed by atoms with Crippen LogP contribution in [-0.2, 0) is 11.2 Å². The fourth-order valence-electron chi connectivity index (χ4n) is 2.89. The Morgan fingerprint density at radius 2 is 1.44 bits per heavy atom. The highest BCUT2D eigenvalue weighted by Crippen LogP contribution is 2.46. The average Bonchev–Trinajstić information content (AvgIpc) is 2.68. The molecule has 0 spiro atoms. The van der Waals surface area contributed by atoms with Crippen molar-refractivity contribution in [3.63, 3.8) is 0 Å². The van der Waals surface area contributed by atoms with Gasteiger partial charge < -0.3 is 14.4 Å². The largest absolute Gasteiger partial charge is 0.496 e. The standard InChI is InChI=1S/C20H18IO3P/c1-24-18-13-12-15(14-22)20(19(18)21)25(23,16-8-4-2-5-9-16)17-10-6-3-7-11-17/h2-13,22H,14H2,1H3. The van der Waals surface area contributed by atoms with Gasteiger partial charge in [-0.2, -0.15) is 0 Å². The van der Waals surface area contributed by atoms with Crippen LogP contribution in [0.3, 0.4) is 0 Å². The highest BCUT2D eigenvalue weighted by molar-refractivity contribution is 14.1. The van der Waals surface area contributed by atoms with Gasteiger partial charge in [0.05, 0.1) is 17.3 Å². The molecule has 3 nitrogen and oxygen atoms in total. The maximum atomic E-state index is 14.5. The Hall–Kier alpha value is -1.62. The van der Waals surface area contributed by atoms with E-state index in [1.54, 1.807) is 19.2 Å². The van der Waals surface area contributed by atoms with Crippen molar-refractivity contribution in [3.8, 4) is 5.75 Å². The summed E-state index contributed by atoms with van der Waals surface area (Å²) in [5.41, 5.74) is 0.654. The monoisotopic (exact) mass is 464 g/mol. The highest BCUT2D eigenvalue weighted by Gasteiger charge is 2.34. The van der Waals surface area contributed by atoms with Gasteiger partial charge in [-0.1, -0.05) is 66.7 Å². The van der Waals surface area contributed by atoms with Gasteiger partial charge in [-0.3, -0.25) is 0 Å². The van der Waals surface area contributed by atoms with Crippen molar-refractivity contribution < 1.29 is 14.4 Å². The molecule has 0 heterocycles.